The lowest BCUT2D eigenvalue weighted by atomic mass is 10.0. The molecule has 0 bridgehead atoms. The van der Waals surface area contributed by atoms with E-state index in [1.165, 1.54) is 12.1 Å². The normalized spacial score (nSPS) is 12.1. The number of aryl methyl sites for hydroxylation is 1. The molecule has 0 saturated carbocycles. The second-order valence-corrected chi connectivity index (χ2v) is 6.80. The Hall–Kier alpha value is -2.54. The maximum Gasteiger partial charge on any atom is 0.339 e. The van der Waals surface area contributed by atoms with E-state index in [-0.39, 0.29) is 29.2 Å². The average molecular weight is 396 g/mol. The number of fused-ring (bicyclic) bond motifs is 1. The SMILES string of the molecule is CCCC[C@@H](NC(=O)CCc1c(C)c2cc(Cl)c(O)cc2oc1=O)C(=O)O. The number of nitrogens with one attached hydrogen (secondary N) is 1. The molecule has 1 aromatic heterocycles. The van der Waals surface area contributed by atoms with E-state index in [1.807, 2.05) is 6.92 Å². The Labute approximate surface area is 160 Å². The number of carboxylic acids is 1. The van der Waals surface area contributed by atoms with Crippen molar-refractivity contribution in [1.82, 2.24) is 5.32 Å². The fourth-order valence-electron chi connectivity index (χ4n) is 2.86. The summed E-state index contributed by atoms with van der Waals surface area (Å²) in [6.45, 7) is 3.65. The Morgan fingerprint density at radius 3 is 2.67 bits per heavy atom. The highest BCUT2D eigenvalue weighted by atomic mass is 35.5. The molecule has 146 valence electrons. The highest BCUT2D eigenvalue weighted by molar-refractivity contribution is 6.32. The summed E-state index contributed by atoms with van der Waals surface area (Å²) < 4.78 is 5.21. The molecule has 2 aromatic rings. The van der Waals surface area contributed by atoms with Gasteiger partial charge in [-0.25, -0.2) is 9.59 Å². The number of benzene rings is 1. The van der Waals surface area contributed by atoms with Gasteiger partial charge in [0.2, 0.25) is 5.91 Å². The van der Waals surface area contributed by atoms with Crippen LogP contribution in [0.15, 0.2) is 21.3 Å². The highest BCUT2D eigenvalue weighted by Crippen LogP contribution is 2.30. The number of carboxylic acid groups (broad SMARTS) is 1. The predicted octanol–water partition coefficient (Wildman–Crippen LogP) is 3.15. The molecule has 1 amide bonds. The lowest BCUT2D eigenvalue weighted by molar-refractivity contribution is -0.142. The maximum atomic E-state index is 12.2. The van der Waals surface area contributed by atoms with Crippen molar-refractivity contribution in [1.29, 1.82) is 0 Å². The molecule has 0 saturated heterocycles. The first kappa shape index (κ1) is 20.8. The fraction of sp³-hybridized carbons (Fsp3) is 0.421. The zero-order valence-corrected chi connectivity index (χ0v) is 15.9. The summed E-state index contributed by atoms with van der Waals surface area (Å²) in [6, 6.07) is 1.83. The molecule has 1 heterocycles. The van der Waals surface area contributed by atoms with Crippen molar-refractivity contribution in [3.8, 4) is 5.75 Å². The van der Waals surface area contributed by atoms with E-state index in [0.717, 1.165) is 6.42 Å². The van der Waals surface area contributed by atoms with E-state index < -0.39 is 23.5 Å². The molecule has 1 aromatic carbocycles. The molecule has 2 rings (SSSR count). The lowest BCUT2D eigenvalue weighted by Crippen LogP contribution is -2.40. The van der Waals surface area contributed by atoms with Crippen molar-refractivity contribution in [2.24, 2.45) is 0 Å². The molecule has 0 fully saturated rings. The Kier molecular flexibility index (Phi) is 6.85. The lowest BCUT2D eigenvalue weighted by Gasteiger charge is -2.14. The Morgan fingerprint density at radius 2 is 2.04 bits per heavy atom. The van der Waals surface area contributed by atoms with Gasteiger partial charge in [0, 0.05) is 23.4 Å². The monoisotopic (exact) mass is 395 g/mol. The van der Waals surface area contributed by atoms with Crippen LogP contribution >= 0.6 is 11.6 Å². The molecule has 1 atom stereocenters. The van der Waals surface area contributed by atoms with Crippen LogP contribution in [0.1, 0.15) is 43.7 Å². The van der Waals surface area contributed by atoms with Crippen LogP contribution in [-0.2, 0) is 16.0 Å². The Morgan fingerprint density at radius 1 is 1.33 bits per heavy atom. The van der Waals surface area contributed by atoms with Crippen LogP contribution in [0.4, 0.5) is 0 Å². The van der Waals surface area contributed by atoms with Crippen molar-refractivity contribution in [2.45, 2.75) is 52.0 Å². The largest absolute Gasteiger partial charge is 0.506 e. The standard InChI is InChI=1S/C19H22ClNO6/c1-3-4-5-14(18(24)25)21-17(23)7-6-11-10(2)12-8-13(20)15(22)9-16(12)27-19(11)26/h8-9,14,22H,3-7H2,1-2H3,(H,21,23)(H,24,25)/t14-/m1/s1. The van der Waals surface area contributed by atoms with Gasteiger partial charge in [0.25, 0.3) is 0 Å². The van der Waals surface area contributed by atoms with Gasteiger partial charge >= 0.3 is 11.6 Å². The van der Waals surface area contributed by atoms with Gasteiger partial charge in [-0.05, 0) is 31.4 Å². The maximum absolute atomic E-state index is 12.2. The number of phenolic OH excluding ortho intramolecular Hbond substituents is 1. The van der Waals surface area contributed by atoms with Crippen LogP contribution in [0, 0.1) is 6.92 Å². The molecule has 0 aliphatic rings. The van der Waals surface area contributed by atoms with Gasteiger partial charge in [-0.15, -0.1) is 0 Å². The van der Waals surface area contributed by atoms with E-state index in [4.69, 9.17) is 16.0 Å². The van der Waals surface area contributed by atoms with Crippen molar-refractivity contribution in [3.63, 3.8) is 0 Å². The zero-order chi connectivity index (χ0) is 20.1. The van der Waals surface area contributed by atoms with Crippen LogP contribution in [0.2, 0.25) is 5.02 Å². The summed E-state index contributed by atoms with van der Waals surface area (Å²) in [5, 5.41) is 22.0. The number of rotatable bonds is 8. The van der Waals surface area contributed by atoms with E-state index in [2.05, 4.69) is 5.32 Å². The van der Waals surface area contributed by atoms with Crippen molar-refractivity contribution < 1.29 is 24.2 Å². The van der Waals surface area contributed by atoms with Gasteiger partial charge in [-0.2, -0.15) is 0 Å². The minimum Gasteiger partial charge on any atom is -0.506 e. The molecule has 0 spiro atoms. The summed E-state index contributed by atoms with van der Waals surface area (Å²) in [4.78, 5) is 35.6. The molecular formula is C19H22ClNO6. The first-order chi connectivity index (χ1) is 12.7. The van der Waals surface area contributed by atoms with Gasteiger partial charge in [0.15, 0.2) is 0 Å². The molecule has 0 aliphatic carbocycles. The molecule has 7 nitrogen and oxygen atoms in total. The van der Waals surface area contributed by atoms with Crippen LogP contribution in [0.3, 0.4) is 0 Å². The predicted molar refractivity (Wildman–Crippen MR) is 101 cm³/mol. The van der Waals surface area contributed by atoms with Gasteiger partial charge in [0.1, 0.15) is 17.4 Å². The number of aromatic hydroxyl groups is 1. The number of halogens is 1. The number of unbranched alkanes of at least 4 members (excludes halogenated alkanes) is 1. The summed E-state index contributed by atoms with van der Waals surface area (Å²) in [7, 11) is 0. The van der Waals surface area contributed by atoms with E-state index in [1.54, 1.807) is 6.92 Å². The van der Waals surface area contributed by atoms with Crippen LogP contribution in [0.25, 0.3) is 11.0 Å². The molecule has 27 heavy (non-hydrogen) atoms. The number of amides is 1. The number of aliphatic carboxylic acids is 1. The summed E-state index contributed by atoms with van der Waals surface area (Å²) >= 11 is 5.92. The van der Waals surface area contributed by atoms with Gasteiger partial charge in [-0.3, -0.25) is 4.79 Å². The van der Waals surface area contributed by atoms with Gasteiger partial charge < -0.3 is 19.9 Å². The number of carbonyl (C=O) groups is 2. The van der Waals surface area contributed by atoms with E-state index in [0.29, 0.717) is 29.4 Å². The first-order valence-electron chi connectivity index (χ1n) is 8.71. The molecule has 0 unspecified atom stereocenters. The third-order valence-corrected chi connectivity index (χ3v) is 4.74. The number of carbonyl (C=O) groups excluding carboxylic acids is 1. The van der Waals surface area contributed by atoms with Crippen LogP contribution in [0.5, 0.6) is 5.75 Å². The molecule has 0 radical (unpaired) electrons. The Balaban J connectivity index is 2.16. The topological polar surface area (TPSA) is 117 Å². The third kappa shape index (κ3) is 5.01. The second kappa shape index (κ2) is 8.90. The zero-order valence-electron chi connectivity index (χ0n) is 15.2. The van der Waals surface area contributed by atoms with Gasteiger partial charge in [-0.1, -0.05) is 31.4 Å². The number of phenols is 1. The molecule has 3 N–H and O–H groups in total. The first-order valence-corrected chi connectivity index (χ1v) is 9.09. The quantitative estimate of drug-likeness (QED) is 0.591. The van der Waals surface area contributed by atoms with E-state index >= 15 is 0 Å². The second-order valence-electron chi connectivity index (χ2n) is 6.39. The van der Waals surface area contributed by atoms with Crippen LogP contribution < -0.4 is 10.9 Å². The number of hydrogen-bond acceptors (Lipinski definition) is 5. The van der Waals surface area contributed by atoms with Gasteiger partial charge in [0.05, 0.1) is 5.02 Å². The average Bonchev–Trinajstić information content (AvgIpc) is 2.60. The summed E-state index contributed by atoms with van der Waals surface area (Å²) in [6.07, 6.45) is 1.94. The van der Waals surface area contributed by atoms with E-state index in [9.17, 15) is 24.6 Å². The molecule has 0 aliphatic heterocycles. The molecule has 8 heteroatoms. The van der Waals surface area contributed by atoms with Crippen molar-refractivity contribution in [3.05, 3.63) is 38.7 Å². The minimum absolute atomic E-state index is 0.0428. The third-order valence-electron chi connectivity index (χ3n) is 4.44. The van der Waals surface area contributed by atoms with Crippen molar-refractivity contribution >= 4 is 34.4 Å². The molecular weight excluding hydrogens is 374 g/mol. The van der Waals surface area contributed by atoms with Crippen molar-refractivity contribution in [2.75, 3.05) is 0 Å². The highest BCUT2D eigenvalue weighted by Gasteiger charge is 2.20. The van der Waals surface area contributed by atoms with Crippen LogP contribution in [-0.4, -0.2) is 28.1 Å². The fourth-order valence-corrected chi connectivity index (χ4v) is 3.02. The summed E-state index contributed by atoms with van der Waals surface area (Å²) in [5.41, 5.74) is 0.532. The smallest absolute Gasteiger partial charge is 0.339 e. The minimum atomic E-state index is -1.08. The Bertz CT molecular complexity index is 921. The summed E-state index contributed by atoms with van der Waals surface area (Å²) in [5.74, 6) is -1.71. The number of hydrogen-bond donors (Lipinski definition) is 3.